The molecule has 2 aromatic carbocycles. The Labute approximate surface area is 125 Å². The van der Waals surface area contributed by atoms with Crippen LogP contribution in [0.2, 0.25) is 0 Å². The fourth-order valence-electron chi connectivity index (χ4n) is 1.97. The van der Waals surface area contributed by atoms with Crippen LogP contribution in [0.4, 0.5) is 0 Å². The van der Waals surface area contributed by atoms with E-state index >= 15 is 0 Å². The van der Waals surface area contributed by atoms with Crippen LogP contribution >= 0.6 is 31.9 Å². The minimum absolute atomic E-state index is 0.330. The Hall–Kier alpha value is -0.640. The third-order valence-electron chi connectivity index (χ3n) is 3.00. The highest BCUT2D eigenvalue weighted by Crippen LogP contribution is 2.24. The number of hydrogen-bond donors (Lipinski definition) is 1. The molecule has 0 amide bonds. The maximum absolute atomic E-state index is 3.60. The van der Waals surface area contributed by atoms with Crippen LogP contribution < -0.4 is 5.32 Å². The van der Waals surface area contributed by atoms with Crippen molar-refractivity contribution in [2.24, 2.45) is 0 Å². The van der Waals surface area contributed by atoms with Crippen molar-refractivity contribution in [1.29, 1.82) is 0 Å². The van der Waals surface area contributed by atoms with Crippen molar-refractivity contribution in [1.82, 2.24) is 5.32 Å². The smallest absolute Gasteiger partial charge is 0.0358 e. The Morgan fingerprint density at radius 2 is 1.67 bits per heavy atom. The molecule has 3 heteroatoms. The van der Waals surface area contributed by atoms with Crippen molar-refractivity contribution in [3.05, 3.63) is 68.6 Å². The van der Waals surface area contributed by atoms with E-state index < -0.39 is 0 Å². The molecule has 18 heavy (non-hydrogen) atoms. The van der Waals surface area contributed by atoms with Crippen LogP contribution in [0.1, 0.15) is 17.2 Å². The molecule has 1 unspecified atom stereocenters. The zero-order valence-electron chi connectivity index (χ0n) is 10.2. The maximum Gasteiger partial charge on any atom is 0.0358 e. The predicted molar refractivity (Wildman–Crippen MR) is 83.8 cm³/mol. The summed E-state index contributed by atoms with van der Waals surface area (Å²) in [6.07, 6.45) is 0.972. The fraction of sp³-hybridized carbons (Fsp3) is 0.200. The quantitative estimate of drug-likeness (QED) is 0.823. The van der Waals surface area contributed by atoms with Gasteiger partial charge in [-0.05, 0) is 42.8 Å². The zero-order chi connectivity index (χ0) is 13.0. The first-order chi connectivity index (χ1) is 8.70. The van der Waals surface area contributed by atoms with Gasteiger partial charge in [0.25, 0.3) is 0 Å². The second kappa shape index (κ2) is 6.50. The van der Waals surface area contributed by atoms with E-state index in [4.69, 9.17) is 0 Å². The van der Waals surface area contributed by atoms with Gasteiger partial charge in [-0.2, -0.15) is 0 Å². The normalized spacial score (nSPS) is 12.4. The highest BCUT2D eigenvalue weighted by molar-refractivity contribution is 9.10. The summed E-state index contributed by atoms with van der Waals surface area (Å²) in [7, 11) is 2.00. The molecule has 1 N–H and O–H groups in total. The van der Waals surface area contributed by atoms with Gasteiger partial charge < -0.3 is 5.32 Å². The Morgan fingerprint density at radius 3 is 2.28 bits per heavy atom. The van der Waals surface area contributed by atoms with E-state index in [1.807, 2.05) is 13.1 Å². The topological polar surface area (TPSA) is 12.0 Å². The summed E-state index contributed by atoms with van der Waals surface area (Å²) in [6.45, 7) is 0. The zero-order valence-corrected chi connectivity index (χ0v) is 13.3. The van der Waals surface area contributed by atoms with Crippen LogP contribution in [0.5, 0.6) is 0 Å². The molecule has 0 radical (unpaired) electrons. The molecule has 1 atom stereocenters. The van der Waals surface area contributed by atoms with Gasteiger partial charge in [0.05, 0.1) is 0 Å². The van der Waals surface area contributed by atoms with Crippen molar-refractivity contribution in [3.63, 3.8) is 0 Å². The summed E-state index contributed by atoms with van der Waals surface area (Å²) < 4.78 is 2.28. The van der Waals surface area contributed by atoms with Gasteiger partial charge in [-0.15, -0.1) is 0 Å². The molecule has 0 aliphatic carbocycles. The average molecular weight is 369 g/mol. The van der Waals surface area contributed by atoms with E-state index in [0.717, 1.165) is 10.9 Å². The standard InChI is InChI=1S/C15H15Br2N/c1-18-15(11-6-8-13(16)9-7-11)10-12-4-2-3-5-14(12)17/h2-9,15,18H,10H2,1H3. The second-order valence-corrected chi connectivity index (χ2v) is 5.96. The number of hydrogen-bond acceptors (Lipinski definition) is 1. The Morgan fingerprint density at radius 1 is 1.00 bits per heavy atom. The molecular weight excluding hydrogens is 354 g/mol. The molecule has 0 aliphatic rings. The lowest BCUT2D eigenvalue weighted by molar-refractivity contribution is 0.591. The molecule has 2 aromatic rings. The molecule has 0 saturated carbocycles. The minimum Gasteiger partial charge on any atom is -0.313 e. The monoisotopic (exact) mass is 367 g/mol. The predicted octanol–water partition coefficient (Wildman–Crippen LogP) is 4.71. The fourth-order valence-corrected chi connectivity index (χ4v) is 2.68. The second-order valence-electron chi connectivity index (χ2n) is 4.19. The van der Waals surface area contributed by atoms with Crippen molar-refractivity contribution < 1.29 is 0 Å². The molecule has 94 valence electrons. The van der Waals surface area contributed by atoms with Crippen LogP contribution in [0.25, 0.3) is 0 Å². The highest BCUT2D eigenvalue weighted by Gasteiger charge is 2.11. The lowest BCUT2D eigenvalue weighted by Crippen LogP contribution is -2.18. The van der Waals surface area contributed by atoms with Crippen LogP contribution in [0.3, 0.4) is 0 Å². The summed E-state index contributed by atoms with van der Waals surface area (Å²) in [5.41, 5.74) is 2.62. The third-order valence-corrected chi connectivity index (χ3v) is 4.30. The summed E-state index contributed by atoms with van der Waals surface area (Å²) in [6, 6.07) is 17.2. The first-order valence-corrected chi connectivity index (χ1v) is 7.45. The molecular formula is C15H15Br2N. The van der Waals surface area contributed by atoms with Crippen molar-refractivity contribution in [2.75, 3.05) is 7.05 Å². The molecule has 0 fully saturated rings. The molecule has 0 spiro atoms. The summed E-state index contributed by atoms with van der Waals surface area (Å²) in [5, 5.41) is 3.38. The molecule has 0 aliphatic heterocycles. The Kier molecular flexibility index (Phi) is 4.98. The van der Waals surface area contributed by atoms with E-state index in [-0.39, 0.29) is 0 Å². The lowest BCUT2D eigenvalue weighted by Gasteiger charge is -2.17. The number of halogens is 2. The van der Waals surface area contributed by atoms with Gasteiger partial charge in [-0.3, -0.25) is 0 Å². The van der Waals surface area contributed by atoms with Gasteiger partial charge in [-0.1, -0.05) is 62.2 Å². The van der Waals surface area contributed by atoms with Gasteiger partial charge in [0, 0.05) is 15.0 Å². The van der Waals surface area contributed by atoms with E-state index in [9.17, 15) is 0 Å². The number of nitrogens with one attached hydrogen (secondary N) is 1. The number of likely N-dealkylation sites (N-methyl/N-ethyl adjacent to an activating group) is 1. The third kappa shape index (κ3) is 3.44. The van der Waals surface area contributed by atoms with Crippen LogP contribution in [-0.2, 0) is 6.42 Å². The van der Waals surface area contributed by atoms with E-state index in [0.29, 0.717) is 6.04 Å². The average Bonchev–Trinajstić information content (AvgIpc) is 2.39. The van der Waals surface area contributed by atoms with Gasteiger partial charge in [0.15, 0.2) is 0 Å². The van der Waals surface area contributed by atoms with E-state index in [2.05, 4.69) is 79.6 Å². The summed E-state index contributed by atoms with van der Waals surface area (Å²) in [5.74, 6) is 0. The molecule has 0 bridgehead atoms. The summed E-state index contributed by atoms with van der Waals surface area (Å²) >= 11 is 7.07. The van der Waals surface area contributed by atoms with E-state index in [1.165, 1.54) is 15.6 Å². The van der Waals surface area contributed by atoms with Gasteiger partial charge in [0.2, 0.25) is 0 Å². The van der Waals surface area contributed by atoms with Gasteiger partial charge in [-0.25, -0.2) is 0 Å². The Balaban J connectivity index is 2.20. The molecule has 2 rings (SSSR count). The molecule has 0 aromatic heterocycles. The van der Waals surface area contributed by atoms with Crippen LogP contribution in [-0.4, -0.2) is 7.05 Å². The number of benzene rings is 2. The largest absolute Gasteiger partial charge is 0.313 e. The van der Waals surface area contributed by atoms with Crippen LogP contribution in [0, 0.1) is 0 Å². The molecule has 1 nitrogen and oxygen atoms in total. The SMILES string of the molecule is CNC(Cc1ccccc1Br)c1ccc(Br)cc1. The first-order valence-electron chi connectivity index (χ1n) is 5.87. The van der Waals surface area contributed by atoms with Crippen molar-refractivity contribution >= 4 is 31.9 Å². The molecule has 0 saturated heterocycles. The number of rotatable bonds is 4. The van der Waals surface area contributed by atoms with Crippen molar-refractivity contribution in [2.45, 2.75) is 12.5 Å². The van der Waals surface area contributed by atoms with E-state index in [1.54, 1.807) is 0 Å². The highest BCUT2D eigenvalue weighted by atomic mass is 79.9. The van der Waals surface area contributed by atoms with Gasteiger partial charge in [0.1, 0.15) is 0 Å². The maximum atomic E-state index is 3.60. The summed E-state index contributed by atoms with van der Waals surface area (Å²) in [4.78, 5) is 0. The Bertz CT molecular complexity index is 508. The first kappa shape index (κ1) is 13.8. The van der Waals surface area contributed by atoms with Crippen molar-refractivity contribution in [3.8, 4) is 0 Å². The minimum atomic E-state index is 0.330. The lowest BCUT2D eigenvalue weighted by atomic mass is 9.99. The van der Waals surface area contributed by atoms with Crippen LogP contribution in [0.15, 0.2) is 57.5 Å². The molecule has 0 heterocycles. The van der Waals surface area contributed by atoms with Gasteiger partial charge >= 0.3 is 0 Å².